The fourth-order valence-electron chi connectivity index (χ4n) is 1.51. The van der Waals surface area contributed by atoms with Crippen LogP contribution in [-0.4, -0.2) is 24.2 Å². The van der Waals surface area contributed by atoms with Crippen molar-refractivity contribution in [3.05, 3.63) is 66.0 Å². The van der Waals surface area contributed by atoms with Gasteiger partial charge in [0.1, 0.15) is 12.3 Å². The Morgan fingerprint density at radius 1 is 1.00 bits per heavy atom. The van der Waals surface area contributed by atoms with E-state index in [1.807, 2.05) is 30.3 Å². The molecule has 0 saturated carbocycles. The first kappa shape index (κ1) is 13.2. The SMILES string of the molecule is O=C(OCCOCc1ccccc1)c1ccccn1. The zero-order chi connectivity index (χ0) is 13.3. The molecule has 0 amide bonds. The zero-order valence-corrected chi connectivity index (χ0v) is 10.5. The van der Waals surface area contributed by atoms with Gasteiger partial charge in [-0.1, -0.05) is 36.4 Å². The van der Waals surface area contributed by atoms with Crippen LogP contribution in [0.1, 0.15) is 16.1 Å². The summed E-state index contributed by atoms with van der Waals surface area (Å²) in [5.41, 5.74) is 1.41. The molecule has 0 saturated heterocycles. The second kappa shape index (κ2) is 7.28. The molecule has 2 aromatic rings. The first-order valence-corrected chi connectivity index (χ1v) is 6.06. The number of benzene rings is 1. The molecule has 4 nitrogen and oxygen atoms in total. The number of carbonyl (C=O) groups excluding carboxylic acids is 1. The molecule has 0 bridgehead atoms. The summed E-state index contributed by atoms with van der Waals surface area (Å²) in [7, 11) is 0. The topological polar surface area (TPSA) is 48.4 Å². The Hall–Kier alpha value is -2.20. The molecule has 0 radical (unpaired) electrons. The highest BCUT2D eigenvalue weighted by Gasteiger charge is 2.06. The molecular formula is C15H15NO3. The summed E-state index contributed by atoms with van der Waals surface area (Å²) in [6.45, 7) is 1.11. The van der Waals surface area contributed by atoms with Crippen molar-refractivity contribution < 1.29 is 14.3 Å². The molecule has 0 fully saturated rings. The molecule has 1 heterocycles. The molecule has 1 aromatic carbocycles. The average molecular weight is 257 g/mol. The number of hydrogen-bond acceptors (Lipinski definition) is 4. The number of ether oxygens (including phenoxy) is 2. The van der Waals surface area contributed by atoms with Gasteiger partial charge in [0, 0.05) is 6.20 Å². The smallest absolute Gasteiger partial charge is 0.356 e. The Labute approximate surface area is 112 Å². The quantitative estimate of drug-likeness (QED) is 0.589. The lowest BCUT2D eigenvalue weighted by Gasteiger charge is -2.05. The second-order valence-corrected chi connectivity index (χ2v) is 3.89. The minimum absolute atomic E-state index is 0.224. The van der Waals surface area contributed by atoms with Crippen LogP contribution in [0.2, 0.25) is 0 Å². The normalized spacial score (nSPS) is 10.1. The molecule has 4 heteroatoms. The fourth-order valence-corrected chi connectivity index (χ4v) is 1.51. The minimum Gasteiger partial charge on any atom is -0.459 e. The van der Waals surface area contributed by atoms with E-state index in [2.05, 4.69) is 4.98 Å². The van der Waals surface area contributed by atoms with Crippen molar-refractivity contribution in [2.45, 2.75) is 6.61 Å². The predicted octanol–water partition coefficient (Wildman–Crippen LogP) is 2.46. The van der Waals surface area contributed by atoms with Crippen LogP contribution in [0.3, 0.4) is 0 Å². The maximum Gasteiger partial charge on any atom is 0.356 e. The van der Waals surface area contributed by atoms with E-state index in [0.29, 0.717) is 18.9 Å². The van der Waals surface area contributed by atoms with Crippen molar-refractivity contribution in [3.63, 3.8) is 0 Å². The zero-order valence-electron chi connectivity index (χ0n) is 10.5. The summed E-state index contributed by atoms with van der Waals surface area (Å²) in [6.07, 6.45) is 1.56. The van der Waals surface area contributed by atoms with Crippen LogP contribution >= 0.6 is 0 Å². The van der Waals surface area contributed by atoms with Gasteiger partial charge in [-0.25, -0.2) is 9.78 Å². The third-order valence-electron chi connectivity index (χ3n) is 2.45. The standard InChI is InChI=1S/C15H15NO3/c17-15(14-8-4-5-9-16-14)19-11-10-18-12-13-6-2-1-3-7-13/h1-9H,10-12H2. The first-order chi connectivity index (χ1) is 9.36. The van der Waals surface area contributed by atoms with E-state index in [1.165, 1.54) is 0 Å². The number of pyridine rings is 1. The lowest BCUT2D eigenvalue weighted by Crippen LogP contribution is -2.11. The van der Waals surface area contributed by atoms with Crippen molar-refractivity contribution in [1.82, 2.24) is 4.98 Å². The third-order valence-corrected chi connectivity index (χ3v) is 2.45. The fraction of sp³-hybridized carbons (Fsp3) is 0.200. The van der Waals surface area contributed by atoms with Crippen molar-refractivity contribution in [2.24, 2.45) is 0 Å². The van der Waals surface area contributed by atoms with Crippen molar-refractivity contribution in [2.75, 3.05) is 13.2 Å². The highest BCUT2D eigenvalue weighted by molar-refractivity contribution is 5.87. The lowest BCUT2D eigenvalue weighted by molar-refractivity contribution is 0.0283. The van der Waals surface area contributed by atoms with Gasteiger partial charge < -0.3 is 9.47 Å². The molecule has 0 unspecified atom stereocenters. The maximum atomic E-state index is 11.5. The van der Waals surface area contributed by atoms with Crippen LogP contribution in [-0.2, 0) is 16.1 Å². The highest BCUT2D eigenvalue weighted by atomic mass is 16.6. The number of hydrogen-bond donors (Lipinski definition) is 0. The third kappa shape index (κ3) is 4.52. The molecule has 0 aliphatic rings. The Kier molecular flexibility index (Phi) is 5.07. The minimum atomic E-state index is -0.427. The van der Waals surface area contributed by atoms with Crippen LogP contribution < -0.4 is 0 Å². The first-order valence-electron chi connectivity index (χ1n) is 6.06. The lowest BCUT2D eigenvalue weighted by atomic mass is 10.2. The predicted molar refractivity (Wildman–Crippen MR) is 70.6 cm³/mol. The van der Waals surface area contributed by atoms with Crippen molar-refractivity contribution in [3.8, 4) is 0 Å². The van der Waals surface area contributed by atoms with Gasteiger partial charge in [-0.2, -0.15) is 0 Å². The highest BCUT2D eigenvalue weighted by Crippen LogP contribution is 2.01. The largest absolute Gasteiger partial charge is 0.459 e. The van der Waals surface area contributed by atoms with Gasteiger partial charge in [-0.15, -0.1) is 0 Å². The van der Waals surface area contributed by atoms with Gasteiger partial charge in [-0.3, -0.25) is 0 Å². The van der Waals surface area contributed by atoms with Crippen LogP contribution in [0.15, 0.2) is 54.7 Å². The van der Waals surface area contributed by atoms with E-state index < -0.39 is 5.97 Å². The molecule has 1 aromatic heterocycles. The van der Waals surface area contributed by atoms with Crippen molar-refractivity contribution in [1.29, 1.82) is 0 Å². The van der Waals surface area contributed by atoms with E-state index >= 15 is 0 Å². The molecule has 0 N–H and O–H groups in total. The number of nitrogens with zero attached hydrogens (tertiary/aromatic N) is 1. The Morgan fingerprint density at radius 2 is 1.79 bits per heavy atom. The molecule has 98 valence electrons. The monoisotopic (exact) mass is 257 g/mol. The van der Waals surface area contributed by atoms with Crippen LogP contribution in [0.25, 0.3) is 0 Å². The molecule has 0 aliphatic carbocycles. The van der Waals surface area contributed by atoms with E-state index in [4.69, 9.17) is 9.47 Å². The number of aromatic nitrogens is 1. The van der Waals surface area contributed by atoms with Crippen molar-refractivity contribution >= 4 is 5.97 Å². The average Bonchev–Trinajstić information content (AvgIpc) is 2.49. The molecule has 19 heavy (non-hydrogen) atoms. The van der Waals surface area contributed by atoms with Gasteiger partial charge in [0.15, 0.2) is 0 Å². The molecule has 0 spiro atoms. The van der Waals surface area contributed by atoms with Gasteiger partial charge in [0.05, 0.1) is 13.2 Å². The van der Waals surface area contributed by atoms with E-state index in [0.717, 1.165) is 5.56 Å². The van der Waals surface area contributed by atoms with Crippen LogP contribution in [0.5, 0.6) is 0 Å². The van der Waals surface area contributed by atoms with E-state index in [1.54, 1.807) is 24.4 Å². The Morgan fingerprint density at radius 3 is 2.53 bits per heavy atom. The number of rotatable bonds is 6. The summed E-state index contributed by atoms with van der Waals surface area (Å²) in [6, 6.07) is 15.0. The summed E-state index contributed by atoms with van der Waals surface area (Å²) >= 11 is 0. The summed E-state index contributed by atoms with van der Waals surface area (Å²) in [5, 5.41) is 0. The van der Waals surface area contributed by atoms with Gasteiger partial charge in [-0.05, 0) is 17.7 Å². The maximum absolute atomic E-state index is 11.5. The number of esters is 1. The van der Waals surface area contributed by atoms with Gasteiger partial charge in [0.25, 0.3) is 0 Å². The molecule has 0 aliphatic heterocycles. The van der Waals surface area contributed by atoms with E-state index in [9.17, 15) is 4.79 Å². The Balaban J connectivity index is 1.63. The summed E-state index contributed by atoms with van der Waals surface area (Å²) < 4.78 is 10.4. The van der Waals surface area contributed by atoms with Crippen LogP contribution in [0, 0.1) is 0 Å². The van der Waals surface area contributed by atoms with Gasteiger partial charge >= 0.3 is 5.97 Å². The summed E-state index contributed by atoms with van der Waals surface area (Å²) in [5.74, 6) is -0.427. The molecule has 2 rings (SSSR count). The van der Waals surface area contributed by atoms with Crippen LogP contribution in [0.4, 0.5) is 0 Å². The second-order valence-electron chi connectivity index (χ2n) is 3.89. The molecular weight excluding hydrogens is 242 g/mol. The number of carbonyl (C=O) groups is 1. The molecule has 0 atom stereocenters. The Bertz CT molecular complexity index is 499. The van der Waals surface area contributed by atoms with E-state index in [-0.39, 0.29) is 6.61 Å². The van der Waals surface area contributed by atoms with Gasteiger partial charge in [0.2, 0.25) is 0 Å². The summed E-state index contributed by atoms with van der Waals surface area (Å²) in [4.78, 5) is 15.4.